The van der Waals surface area contributed by atoms with E-state index in [2.05, 4.69) is 12.2 Å². The van der Waals surface area contributed by atoms with Crippen molar-refractivity contribution in [3.05, 3.63) is 0 Å². The first-order chi connectivity index (χ1) is 11.2. The van der Waals surface area contributed by atoms with Gasteiger partial charge in [0.2, 0.25) is 0 Å². The van der Waals surface area contributed by atoms with Gasteiger partial charge in [0.25, 0.3) is 0 Å². The van der Waals surface area contributed by atoms with Crippen molar-refractivity contribution in [2.24, 2.45) is 0 Å². The van der Waals surface area contributed by atoms with Crippen molar-refractivity contribution in [3.8, 4) is 0 Å². The Hall–Kier alpha value is -0.0500. The van der Waals surface area contributed by atoms with Gasteiger partial charge in [-0.25, -0.2) is 0 Å². The Kier molecular flexibility index (Phi) is 18.3. The Morgan fingerprint density at radius 2 is 1.39 bits per heavy atom. The molecule has 1 unspecified atom stereocenters. The number of rotatable bonds is 17. The molecule has 0 aliphatic heterocycles. The van der Waals surface area contributed by atoms with Crippen molar-refractivity contribution in [2.45, 2.75) is 96.8 Å². The Balaban J connectivity index is 3.16. The Labute approximate surface area is 149 Å². The van der Waals surface area contributed by atoms with Gasteiger partial charge in [0.1, 0.15) is 0 Å². The molecule has 0 amide bonds. The molecule has 2 N–H and O–H groups in total. The van der Waals surface area contributed by atoms with Crippen LogP contribution in [0.4, 0.5) is 0 Å². The van der Waals surface area contributed by atoms with Crippen LogP contribution in [0.1, 0.15) is 96.8 Å². The summed E-state index contributed by atoms with van der Waals surface area (Å²) >= 11 is 5.31. The molecule has 23 heavy (non-hydrogen) atoms. The molecule has 0 rings (SSSR count). The van der Waals surface area contributed by atoms with Gasteiger partial charge in [0.05, 0.1) is 4.99 Å². The summed E-state index contributed by atoms with van der Waals surface area (Å²) in [7, 11) is -1.97. The molecule has 136 valence electrons. The minimum absolute atomic E-state index is 0.405. The molecule has 1 atom stereocenters. The summed E-state index contributed by atoms with van der Waals surface area (Å²) in [4.78, 5) is 9.65. The van der Waals surface area contributed by atoms with Gasteiger partial charge in [0.15, 0.2) is 6.16 Å². The van der Waals surface area contributed by atoms with Gasteiger partial charge >= 0.3 is 8.03 Å². The maximum Gasteiger partial charge on any atom is 0.505 e. The quantitative estimate of drug-likeness (QED) is 0.186. The van der Waals surface area contributed by atoms with Gasteiger partial charge in [-0.15, -0.1) is 0 Å². The third-order valence-electron chi connectivity index (χ3n) is 4.11. The molecule has 0 aromatic carbocycles. The Morgan fingerprint density at radius 3 is 1.91 bits per heavy atom. The van der Waals surface area contributed by atoms with E-state index in [0.29, 0.717) is 6.16 Å². The topological polar surface area (TPSA) is 49.3 Å². The van der Waals surface area contributed by atoms with Crippen LogP contribution in [0.3, 0.4) is 0 Å². The molecule has 0 saturated heterocycles. The van der Waals surface area contributed by atoms with Crippen molar-refractivity contribution in [1.82, 2.24) is 5.32 Å². The highest BCUT2D eigenvalue weighted by atomic mass is 32.1. The van der Waals surface area contributed by atoms with Gasteiger partial charge in [0, 0.05) is 6.54 Å². The van der Waals surface area contributed by atoms with Crippen LogP contribution in [-0.4, -0.2) is 22.6 Å². The molecule has 0 spiro atoms. The lowest BCUT2D eigenvalue weighted by molar-refractivity contribution is 0.500. The molecule has 0 aliphatic rings. The minimum Gasteiger partial charge on any atom is -0.380 e. The second-order valence-electron chi connectivity index (χ2n) is 6.42. The van der Waals surface area contributed by atoms with E-state index in [1.807, 2.05) is 0 Å². The summed E-state index contributed by atoms with van der Waals surface area (Å²) in [5, 5.41) is 3.25. The van der Waals surface area contributed by atoms with E-state index >= 15 is 0 Å². The lowest BCUT2D eigenvalue weighted by Gasteiger charge is -2.07. The van der Waals surface area contributed by atoms with E-state index in [0.717, 1.165) is 30.8 Å². The molecular formula is C18H37NO2PS+. The maximum atomic E-state index is 10.5. The van der Waals surface area contributed by atoms with Crippen LogP contribution >= 0.6 is 20.2 Å². The number of unbranched alkanes of at least 4 members (excludes halogenated alkanes) is 11. The fourth-order valence-corrected chi connectivity index (χ4v) is 3.38. The zero-order valence-electron chi connectivity index (χ0n) is 15.0. The summed E-state index contributed by atoms with van der Waals surface area (Å²) in [5.41, 5.74) is 0. The van der Waals surface area contributed by atoms with Crippen LogP contribution in [-0.2, 0) is 4.57 Å². The van der Waals surface area contributed by atoms with Gasteiger partial charge in [-0.2, -0.15) is 4.89 Å². The van der Waals surface area contributed by atoms with E-state index in [1.165, 1.54) is 70.6 Å². The van der Waals surface area contributed by atoms with Crippen molar-refractivity contribution in [3.63, 3.8) is 0 Å². The lowest BCUT2D eigenvalue weighted by Crippen LogP contribution is -2.22. The predicted molar refractivity (Wildman–Crippen MR) is 106 cm³/mol. The van der Waals surface area contributed by atoms with Gasteiger partial charge < -0.3 is 5.32 Å². The monoisotopic (exact) mass is 362 g/mol. The molecule has 0 fully saturated rings. The van der Waals surface area contributed by atoms with Crippen LogP contribution in [0.2, 0.25) is 0 Å². The highest BCUT2D eigenvalue weighted by Gasteiger charge is 2.07. The van der Waals surface area contributed by atoms with Crippen molar-refractivity contribution in [1.29, 1.82) is 0 Å². The first kappa shape index (κ1) is 22.9. The van der Waals surface area contributed by atoms with Crippen molar-refractivity contribution in [2.75, 3.05) is 12.7 Å². The summed E-state index contributed by atoms with van der Waals surface area (Å²) in [5.74, 6) is 0. The van der Waals surface area contributed by atoms with Crippen LogP contribution in [0.25, 0.3) is 0 Å². The van der Waals surface area contributed by atoms with Gasteiger partial charge in [-0.3, -0.25) is 0 Å². The Morgan fingerprint density at radius 1 is 0.870 bits per heavy atom. The van der Waals surface area contributed by atoms with Crippen molar-refractivity contribution < 1.29 is 9.46 Å². The summed E-state index contributed by atoms with van der Waals surface area (Å²) in [6, 6.07) is 0. The van der Waals surface area contributed by atoms with Crippen LogP contribution in [0, 0.1) is 0 Å². The van der Waals surface area contributed by atoms with E-state index < -0.39 is 8.03 Å². The molecule has 0 aromatic rings. The smallest absolute Gasteiger partial charge is 0.380 e. The molecule has 0 aromatic heterocycles. The highest BCUT2D eigenvalue weighted by Crippen LogP contribution is 2.14. The largest absolute Gasteiger partial charge is 0.505 e. The average Bonchev–Trinajstić information content (AvgIpc) is 2.52. The first-order valence-electron chi connectivity index (χ1n) is 9.57. The first-order valence-corrected chi connectivity index (χ1v) is 11.4. The second kappa shape index (κ2) is 18.3. The Bertz CT molecular complexity index is 301. The lowest BCUT2D eigenvalue weighted by atomic mass is 10.1. The van der Waals surface area contributed by atoms with Crippen LogP contribution in [0.15, 0.2) is 0 Å². The molecule has 0 aliphatic carbocycles. The van der Waals surface area contributed by atoms with Gasteiger partial charge in [-0.05, 0) is 30.2 Å². The van der Waals surface area contributed by atoms with E-state index in [4.69, 9.17) is 17.1 Å². The predicted octanol–water partition coefficient (Wildman–Crippen LogP) is 6.12. The molecule has 0 radical (unpaired) electrons. The third kappa shape index (κ3) is 19.9. The highest BCUT2D eigenvalue weighted by molar-refractivity contribution is 7.80. The van der Waals surface area contributed by atoms with E-state index in [1.54, 1.807) is 0 Å². The molecule has 3 nitrogen and oxygen atoms in total. The number of hydrogen-bond acceptors (Lipinski definition) is 2. The van der Waals surface area contributed by atoms with E-state index in [9.17, 15) is 4.57 Å². The summed E-state index contributed by atoms with van der Waals surface area (Å²) in [6.45, 7) is 3.10. The fraction of sp³-hybridized carbons (Fsp3) is 0.944. The molecule has 0 bridgehead atoms. The zero-order chi connectivity index (χ0) is 17.2. The zero-order valence-corrected chi connectivity index (χ0v) is 16.7. The molecular weight excluding hydrogens is 325 g/mol. The molecule has 5 heteroatoms. The van der Waals surface area contributed by atoms with Crippen LogP contribution in [0.5, 0.6) is 0 Å². The second-order valence-corrected chi connectivity index (χ2v) is 8.06. The number of thiocarbonyl (C=S) groups is 1. The summed E-state index contributed by atoms with van der Waals surface area (Å²) in [6.07, 6.45) is 18.0. The normalized spacial score (nSPS) is 11.5. The molecule has 0 saturated carbocycles. The average molecular weight is 363 g/mol. The third-order valence-corrected chi connectivity index (χ3v) is 5.15. The maximum absolute atomic E-state index is 10.5. The molecule has 0 heterocycles. The number of nitrogens with one attached hydrogen (secondary N) is 1. The minimum atomic E-state index is -1.97. The standard InChI is InChI=1S/C18H36NO2PS/c1-2-3-4-5-6-7-8-9-10-11-12-15-18(23)19-16-13-14-17-22(20)21/h2-17H2,1H3,(H-,19,20,21,23)/p+1. The van der Waals surface area contributed by atoms with Gasteiger partial charge in [-0.1, -0.05) is 83.3 Å². The summed E-state index contributed by atoms with van der Waals surface area (Å²) < 4.78 is 10.5. The number of hydrogen-bond donors (Lipinski definition) is 2. The van der Waals surface area contributed by atoms with Crippen LogP contribution < -0.4 is 5.32 Å². The fourth-order valence-electron chi connectivity index (χ4n) is 2.64. The SMILES string of the molecule is CCCCCCCCCCCCCC(=S)NCCCC[P+](=O)O. The van der Waals surface area contributed by atoms with Crippen molar-refractivity contribution >= 4 is 25.2 Å². The van der Waals surface area contributed by atoms with E-state index in [-0.39, 0.29) is 0 Å².